The van der Waals surface area contributed by atoms with Gasteiger partial charge in [-0.05, 0) is 13.3 Å². The predicted molar refractivity (Wildman–Crippen MR) is 57.8 cm³/mol. The highest BCUT2D eigenvalue weighted by Crippen LogP contribution is 2.13. The Bertz CT molecular complexity index is 247. The van der Waals surface area contributed by atoms with E-state index in [0.717, 1.165) is 29.3 Å². The first kappa shape index (κ1) is 10.6. The van der Waals surface area contributed by atoms with E-state index in [2.05, 4.69) is 16.9 Å². The van der Waals surface area contributed by atoms with E-state index in [-0.39, 0.29) is 0 Å². The molecule has 1 heterocycles. The van der Waals surface area contributed by atoms with E-state index in [1.165, 1.54) is 0 Å². The predicted octanol–water partition coefficient (Wildman–Crippen LogP) is 1.69. The van der Waals surface area contributed by atoms with Crippen LogP contribution in [0, 0.1) is 6.92 Å². The van der Waals surface area contributed by atoms with Crippen LogP contribution in [0.3, 0.4) is 0 Å². The molecule has 1 rings (SSSR count). The number of thioether (sulfide) groups is 1. The average molecular weight is 199 g/mol. The lowest BCUT2D eigenvalue weighted by Crippen LogP contribution is -2.21. The van der Waals surface area contributed by atoms with Crippen molar-refractivity contribution in [2.45, 2.75) is 32.1 Å². The van der Waals surface area contributed by atoms with Gasteiger partial charge in [0.2, 0.25) is 0 Å². The number of aryl methyl sites for hydroxylation is 1. The van der Waals surface area contributed by atoms with Crippen LogP contribution in [0.4, 0.5) is 0 Å². The van der Waals surface area contributed by atoms with Crippen LogP contribution >= 0.6 is 11.8 Å². The first-order chi connectivity index (χ1) is 6.24. The van der Waals surface area contributed by atoms with Gasteiger partial charge in [0.25, 0.3) is 0 Å². The minimum atomic E-state index is 0.323. The molecule has 1 aromatic heterocycles. The van der Waals surface area contributed by atoms with Crippen LogP contribution < -0.4 is 5.73 Å². The second-order valence-electron chi connectivity index (χ2n) is 3.16. The van der Waals surface area contributed by atoms with Gasteiger partial charge in [-0.3, -0.25) is 0 Å². The number of rotatable bonds is 5. The minimum Gasteiger partial charge on any atom is -0.348 e. The maximum absolute atomic E-state index is 5.80. The summed E-state index contributed by atoms with van der Waals surface area (Å²) in [6, 6.07) is 0.323. The molecule has 13 heavy (non-hydrogen) atoms. The molecule has 0 radical (unpaired) electrons. The zero-order valence-electron chi connectivity index (χ0n) is 8.21. The molecule has 0 fully saturated rings. The monoisotopic (exact) mass is 199 g/mol. The van der Waals surface area contributed by atoms with E-state index in [1.807, 2.05) is 18.7 Å². The number of aromatic nitrogens is 2. The van der Waals surface area contributed by atoms with Gasteiger partial charge in [0.1, 0.15) is 0 Å². The molecule has 1 aromatic rings. The van der Waals surface area contributed by atoms with E-state index in [0.29, 0.717) is 6.04 Å². The maximum atomic E-state index is 5.80. The van der Waals surface area contributed by atoms with Crippen LogP contribution in [0.2, 0.25) is 0 Å². The number of aromatic amines is 1. The zero-order valence-corrected chi connectivity index (χ0v) is 9.03. The van der Waals surface area contributed by atoms with Gasteiger partial charge in [-0.2, -0.15) is 11.8 Å². The summed E-state index contributed by atoms with van der Waals surface area (Å²) in [7, 11) is 0. The van der Waals surface area contributed by atoms with Crippen molar-refractivity contribution in [3.8, 4) is 0 Å². The molecular weight excluding hydrogens is 182 g/mol. The topological polar surface area (TPSA) is 54.7 Å². The smallest absolute Gasteiger partial charge is 0.0925 e. The lowest BCUT2D eigenvalue weighted by Gasteiger charge is -2.06. The van der Waals surface area contributed by atoms with Crippen molar-refractivity contribution in [1.82, 2.24) is 9.97 Å². The lowest BCUT2D eigenvalue weighted by atomic mass is 10.3. The highest BCUT2D eigenvalue weighted by Gasteiger charge is 2.03. The van der Waals surface area contributed by atoms with Crippen LogP contribution in [0.1, 0.15) is 24.7 Å². The Balaban J connectivity index is 2.24. The summed E-state index contributed by atoms with van der Waals surface area (Å²) in [5.41, 5.74) is 8.11. The standard InChI is InChI=1S/C9H17N3S/c1-3-8(10)4-13-5-9-7(2)11-6-12-9/h6,8H,3-5,10H2,1-2H3,(H,11,12)/t8-/m0/s1. The quantitative estimate of drug-likeness (QED) is 0.758. The summed E-state index contributed by atoms with van der Waals surface area (Å²) in [6.45, 7) is 4.16. The second kappa shape index (κ2) is 5.29. The second-order valence-corrected chi connectivity index (χ2v) is 4.19. The molecule has 0 unspecified atom stereocenters. The SMILES string of the molecule is CC[C@H](N)CSCc1nc[nH]c1C. The molecule has 0 aliphatic rings. The number of H-pyrrole nitrogens is 1. The van der Waals surface area contributed by atoms with Crippen molar-refractivity contribution >= 4 is 11.8 Å². The van der Waals surface area contributed by atoms with E-state index >= 15 is 0 Å². The Labute approximate surface area is 83.5 Å². The Hall–Kier alpha value is -0.480. The fourth-order valence-electron chi connectivity index (χ4n) is 0.957. The number of nitrogens with zero attached hydrogens (tertiary/aromatic N) is 1. The van der Waals surface area contributed by atoms with Gasteiger partial charge in [-0.15, -0.1) is 0 Å². The molecule has 0 aliphatic heterocycles. The zero-order chi connectivity index (χ0) is 9.68. The van der Waals surface area contributed by atoms with Gasteiger partial charge >= 0.3 is 0 Å². The molecule has 0 saturated heterocycles. The molecule has 0 bridgehead atoms. The Kier molecular flexibility index (Phi) is 4.32. The molecule has 0 aliphatic carbocycles. The third-order valence-electron chi connectivity index (χ3n) is 2.03. The largest absolute Gasteiger partial charge is 0.348 e. The Morgan fingerprint density at radius 2 is 2.46 bits per heavy atom. The van der Waals surface area contributed by atoms with Crippen molar-refractivity contribution in [2.24, 2.45) is 5.73 Å². The number of hydrogen-bond acceptors (Lipinski definition) is 3. The number of imidazole rings is 1. The molecule has 0 aromatic carbocycles. The first-order valence-electron chi connectivity index (χ1n) is 4.56. The van der Waals surface area contributed by atoms with Gasteiger partial charge in [0, 0.05) is 23.2 Å². The van der Waals surface area contributed by atoms with Crippen LogP contribution in [0.5, 0.6) is 0 Å². The molecule has 1 atom stereocenters. The van der Waals surface area contributed by atoms with Crippen LogP contribution in [-0.4, -0.2) is 21.8 Å². The van der Waals surface area contributed by atoms with Crippen molar-refractivity contribution in [1.29, 1.82) is 0 Å². The Morgan fingerprint density at radius 3 is 3.00 bits per heavy atom. The highest BCUT2D eigenvalue weighted by molar-refractivity contribution is 7.98. The summed E-state index contributed by atoms with van der Waals surface area (Å²) in [4.78, 5) is 7.29. The van der Waals surface area contributed by atoms with E-state index in [1.54, 1.807) is 6.33 Å². The first-order valence-corrected chi connectivity index (χ1v) is 5.71. The number of nitrogens with one attached hydrogen (secondary N) is 1. The molecule has 0 saturated carbocycles. The lowest BCUT2D eigenvalue weighted by molar-refractivity contribution is 0.724. The van der Waals surface area contributed by atoms with Crippen molar-refractivity contribution in [3.05, 3.63) is 17.7 Å². The van der Waals surface area contributed by atoms with Crippen LogP contribution in [-0.2, 0) is 5.75 Å². The van der Waals surface area contributed by atoms with Crippen molar-refractivity contribution < 1.29 is 0 Å². The fourth-order valence-corrected chi connectivity index (χ4v) is 2.10. The van der Waals surface area contributed by atoms with Crippen molar-refractivity contribution in [2.75, 3.05) is 5.75 Å². The molecule has 4 heteroatoms. The fraction of sp³-hybridized carbons (Fsp3) is 0.667. The van der Waals surface area contributed by atoms with Crippen LogP contribution in [0.25, 0.3) is 0 Å². The van der Waals surface area contributed by atoms with Gasteiger partial charge in [0.05, 0.1) is 12.0 Å². The summed E-state index contributed by atoms with van der Waals surface area (Å²) in [5.74, 6) is 1.98. The summed E-state index contributed by atoms with van der Waals surface area (Å²) in [6.07, 6.45) is 2.79. The minimum absolute atomic E-state index is 0.323. The Morgan fingerprint density at radius 1 is 1.69 bits per heavy atom. The van der Waals surface area contributed by atoms with Gasteiger partial charge < -0.3 is 10.7 Å². The summed E-state index contributed by atoms with van der Waals surface area (Å²) < 4.78 is 0. The van der Waals surface area contributed by atoms with E-state index < -0.39 is 0 Å². The third-order valence-corrected chi connectivity index (χ3v) is 3.17. The highest BCUT2D eigenvalue weighted by atomic mass is 32.2. The number of nitrogens with two attached hydrogens (primary N) is 1. The molecule has 3 N–H and O–H groups in total. The molecule has 0 amide bonds. The van der Waals surface area contributed by atoms with Gasteiger partial charge in [0.15, 0.2) is 0 Å². The number of hydrogen-bond donors (Lipinski definition) is 2. The molecule has 74 valence electrons. The van der Waals surface area contributed by atoms with Gasteiger partial charge in [-0.1, -0.05) is 6.92 Å². The average Bonchev–Trinajstić information content (AvgIpc) is 2.52. The molecular formula is C9H17N3S. The molecule has 3 nitrogen and oxygen atoms in total. The van der Waals surface area contributed by atoms with Crippen molar-refractivity contribution in [3.63, 3.8) is 0 Å². The summed E-state index contributed by atoms with van der Waals surface area (Å²) in [5, 5.41) is 0. The van der Waals surface area contributed by atoms with E-state index in [4.69, 9.17) is 5.73 Å². The van der Waals surface area contributed by atoms with Gasteiger partial charge in [-0.25, -0.2) is 4.98 Å². The third kappa shape index (κ3) is 3.40. The molecule has 0 spiro atoms. The normalized spacial score (nSPS) is 13.2. The summed E-state index contributed by atoms with van der Waals surface area (Å²) >= 11 is 1.85. The van der Waals surface area contributed by atoms with E-state index in [9.17, 15) is 0 Å². The maximum Gasteiger partial charge on any atom is 0.0925 e. The van der Waals surface area contributed by atoms with Crippen LogP contribution in [0.15, 0.2) is 6.33 Å².